The molecule has 0 bridgehead atoms. The molecule has 1 atom stereocenters. The van der Waals surface area contributed by atoms with E-state index in [2.05, 4.69) is 0 Å². The van der Waals surface area contributed by atoms with Gasteiger partial charge in [-0.2, -0.15) is 0 Å². The summed E-state index contributed by atoms with van der Waals surface area (Å²) in [6.07, 6.45) is 0. The summed E-state index contributed by atoms with van der Waals surface area (Å²) in [7, 11) is -3.29. The van der Waals surface area contributed by atoms with Crippen molar-refractivity contribution < 1.29 is 18.5 Å². The predicted octanol–water partition coefficient (Wildman–Crippen LogP) is 4.01. The Morgan fingerprint density at radius 3 is 2.29 bits per heavy atom. The van der Waals surface area contributed by atoms with Crippen LogP contribution in [0.5, 0.6) is 5.75 Å². The smallest absolute Gasteiger partial charge is 0.376 e. The van der Waals surface area contributed by atoms with E-state index in [0.29, 0.717) is 0 Å². The molecule has 110 valence electrons. The lowest BCUT2D eigenvalue weighted by atomic mass is 10.2. The highest BCUT2D eigenvalue weighted by Crippen LogP contribution is 2.45. The molecular weight excluding hydrogens is 293 g/mol. The van der Waals surface area contributed by atoms with Crippen molar-refractivity contribution in [1.82, 2.24) is 0 Å². The van der Waals surface area contributed by atoms with E-state index >= 15 is 0 Å². The molecule has 7 heteroatoms. The third-order valence-electron chi connectivity index (χ3n) is 2.63. The van der Waals surface area contributed by atoms with Crippen molar-refractivity contribution in [3.8, 4) is 5.75 Å². The van der Waals surface area contributed by atoms with Crippen molar-refractivity contribution in [1.29, 1.82) is 0 Å². The molecule has 0 saturated heterocycles. The van der Waals surface area contributed by atoms with Gasteiger partial charge >= 0.3 is 7.60 Å². The summed E-state index contributed by atoms with van der Waals surface area (Å²) in [5.74, 6) is 0.263. The van der Waals surface area contributed by atoms with Crippen LogP contribution < -0.4 is 4.52 Å². The highest BCUT2D eigenvalue weighted by Gasteiger charge is 2.19. The number of non-ortho nitro benzene ring substituents is 1. The van der Waals surface area contributed by atoms with Crippen molar-refractivity contribution in [3.05, 3.63) is 70.3 Å². The molecule has 2 rings (SSSR count). The molecule has 0 radical (unpaired) electrons. The van der Waals surface area contributed by atoms with E-state index < -0.39 is 12.5 Å². The molecule has 2 aromatic rings. The summed E-state index contributed by atoms with van der Waals surface area (Å²) < 4.78 is 22.8. The fraction of sp³-hybridized carbons (Fsp3) is 0.143. The van der Waals surface area contributed by atoms with Crippen molar-refractivity contribution in [3.63, 3.8) is 0 Å². The Kier molecular flexibility index (Phi) is 4.73. The minimum absolute atomic E-state index is 0.0570. The van der Waals surface area contributed by atoms with E-state index in [9.17, 15) is 14.7 Å². The van der Waals surface area contributed by atoms with Crippen molar-refractivity contribution in [2.45, 2.75) is 6.61 Å². The SMILES string of the molecule is C[P@@](=O)(OCc1ccccc1)Oc1ccc([N+](=O)[O-])cc1. The normalized spacial score (nSPS) is 13.4. The van der Waals surface area contributed by atoms with E-state index in [0.717, 1.165) is 5.56 Å². The van der Waals surface area contributed by atoms with Crippen molar-refractivity contribution in [2.75, 3.05) is 6.66 Å². The largest absolute Gasteiger partial charge is 0.425 e. The first-order valence-electron chi connectivity index (χ1n) is 6.16. The molecular formula is C14H14NO5P. The highest BCUT2D eigenvalue weighted by atomic mass is 31.2. The summed E-state index contributed by atoms with van der Waals surface area (Å²) in [5.41, 5.74) is 0.824. The zero-order valence-electron chi connectivity index (χ0n) is 11.3. The molecule has 0 unspecified atom stereocenters. The average molecular weight is 307 g/mol. The molecule has 6 nitrogen and oxygen atoms in total. The quantitative estimate of drug-likeness (QED) is 0.457. The summed E-state index contributed by atoms with van der Waals surface area (Å²) in [6, 6.07) is 14.6. The lowest BCUT2D eigenvalue weighted by molar-refractivity contribution is -0.384. The molecule has 0 aliphatic carbocycles. The van der Waals surface area contributed by atoms with Crippen molar-refractivity contribution in [2.24, 2.45) is 0 Å². The van der Waals surface area contributed by atoms with E-state index in [-0.39, 0.29) is 18.0 Å². The van der Waals surface area contributed by atoms with Gasteiger partial charge in [0.25, 0.3) is 5.69 Å². The molecule has 0 amide bonds. The topological polar surface area (TPSA) is 78.7 Å². The van der Waals surface area contributed by atoms with Crippen LogP contribution in [-0.2, 0) is 15.7 Å². The number of hydrogen-bond donors (Lipinski definition) is 0. The number of nitro groups is 1. The average Bonchev–Trinajstić information content (AvgIpc) is 2.46. The van der Waals surface area contributed by atoms with Gasteiger partial charge in [0.1, 0.15) is 5.75 Å². The van der Waals surface area contributed by atoms with Gasteiger partial charge in [0, 0.05) is 18.8 Å². The van der Waals surface area contributed by atoms with Gasteiger partial charge in [0.2, 0.25) is 0 Å². The molecule has 0 fully saturated rings. The second kappa shape index (κ2) is 6.52. The Morgan fingerprint density at radius 2 is 1.71 bits per heavy atom. The lowest BCUT2D eigenvalue weighted by Gasteiger charge is -2.15. The summed E-state index contributed by atoms with van der Waals surface area (Å²) in [4.78, 5) is 10.0. The maximum Gasteiger partial charge on any atom is 0.376 e. The number of hydrogen-bond acceptors (Lipinski definition) is 5. The van der Waals surface area contributed by atoms with Gasteiger partial charge in [-0.1, -0.05) is 30.3 Å². The van der Waals surface area contributed by atoms with Gasteiger partial charge in [-0.05, 0) is 17.7 Å². The van der Waals surface area contributed by atoms with Gasteiger partial charge in [-0.25, -0.2) is 4.57 Å². The van der Waals surface area contributed by atoms with E-state index in [1.807, 2.05) is 30.3 Å². The van der Waals surface area contributed by atoms with Crippen molar-refractivity contribution >= 4 is 13.3 Å². The molecule has 0 aromatic heterocycles. The van der Waals surface area contributed by atoms with E-state index in [1.165, 1.54) is 30.9 Å². The molecule has 21 heavy (non-hydrogen) atoms. The van der Waals surface area contributed by atoms with E-state index in [1.54, 1.807) is 0 Å². The van der Waals surface area contributed by atoms with Crippen LogP contribution in [0.4, 0.5) is 5.69 Å². The maximum atomic E-state index is 12.2. The zero-order chi connectivity index (χ0) is 15.3. The van der Waals surface area contributed by atoms with Crippen LogP contribution in [0.25, 0.3) is 0 Å². The summed E-state index contributed by atoms with van der Waals surface area (Å²) >= 11 is 0. The summed E-state index contributed by atoms with van der Waals surface area (Å²) in [5, 5.41) is 10.5. The van der Waals surface area contributed by atoms with Crippen LogP contribution in [0.15, 0.2) is 54.6 Å². The Bertz CT molecular complexity index is 657. The first-order valence-corrected chi connectivity index (χ1v) is 8.15. The first-order chi connectivity index (χ1) is 9.96. The third-order valence-corrected chi connectivity index (χ3v) is 3.77. The molecule has 2 aromatic carbocycles. The minimum Gasteiger partial charge on any atom is -0.425 e. The monoisotopic (exact) mass is 307 g/mol. The van der Waals surface area contributed by atoms with Gasteiger partial charge in [0.15, 0.2) is 0 Å². The predicted molar refractivity (Wildman–Crippen MR) is 78.5 cm³/mol. The first kappa shape index (κ1) is 15.2. The van der Waals surface area contributed by atoms with Crippen LogP contribution in [0.3, 0.4) is 0 Å². The van der Waals surface area contributed by atoms with Crippen LogP contribution in [-0.4, -0.2) is 11.6 Å². The number of nitrogens with zero attached hydrogens (tertiary/aromatic N) is 1. The number of benzene rings is 2. The third kappa shape index (κ3) is 4.70. The Morgan fingerprint density at radius 1 is 1.10 bits per heavy atom. The fourth-order valence-corrected chi connectivity index (χ4v) is 2.55. The minimum atomic E-state index is -3.29. The Hall–Kier alpha value is -2.17. The molecule has 0 aliphatic rings. The molecule has 0 N–H and O–H groups in total. The second-order valence-electron chi connectivity index (χ2n) is 4.37. The van der Waals surface area contributed by atoms with Crippen LogP contribution in [0.2, 0.25) is 0 Å². The van der Waals surface area contributed by atoms with Crippen LogP contribution in [0, 0.1) is 10.1 Å². The van der Waals surface area contributed by atoms with Gasteiger partial charge in [-0.15, -0.1) is 0 Å². The standard InChI is InChI=1S/C14H14NO5P/c1-21(18,19-11-12-5-3-2-4-6-12)20-14-9-7-13(8-10-14)15(16)17/h2-10H,11H2,1H3/t21-/m1/s1. The number of rotatable bonds is 6. The Balaban J connectivity index is 1.97. The molecule has 0 heterocycles. The summed E-state index contributed by atoms with van der Waals surface area (Å²) in [6.45, 7) is 1.53. The Labute approximate surface area is 122 Å². The lowest BCUT2D eigenvalue weighted by Crippen LogP contribution is -1.97. The molecule has 0 saturated carbocycles. The molecule has 0 spiro atoms. The maximum absolute atomic E-state index is 12.2. The second-order valence-corrected chi connectivity index (χ2v) is 6.36. The van der Waals surface area contributed by atoms with E-state index in [4.69, 9.17) is 9.05 Å². The van der Waals surface area contributed by atoms with Gasteiger partial charge in [0.05, 0.1) is 11.5 Å². The fourth-order valence-electron chi connectivity index (χ4n) is 1.61. The zero-order valence-corrected chi connectivity index (χ0v) is 12.2. The highest BCUT2D eigenvalue weighted by molar-refractivity contribution is 7.53. The van der Waals surface area contributed by atoms with Crippen LogP contribution >= 0.6 is 7.60 Å². The number of nitro benzene ring substituents is 1. The van der Waals surface area contributed by atoms with Crippen LogP contribution in [0.1, 0.15) is 5.56 Å². The molecule has 0 aliphatic heterocycles. The van der Waals surface area contributed by atoms with Gasteiger partial charge < -0.3 is 4.52 Å². The van der Waals surface area contributed by atoms with Gasteiger partial charge in [-0.3, -0.25) is 14.6 Å².